The number of aryl methyl sites for hydroxylation is 2. The van der Waals surface area contributed by atoms with E-state index in [9.17, 15) is 9.59 Å². The van der Waals surface area contributed by atoms with Crippen molar-refractivity contribution >= 4 is 17.5 Å². The molecular weight excluding hydrogens is 366 g/mol. The number of para-hydroxylation sites is 1. The molecule has 0 spiro atoms. The Morgan fingerprint density at radius 1 is 1.00 bits per heavy atom. The van der Waals surface area contributed by atoms with Gasteiger partial charge < -0.3 is 19.9 Å². The number of carbonyl (C=O) groups excluding carboxylic acids is 2. The Labute approximate surface area is 172 Å². The Balaban J connectivity index is 1.43. The van der Waals surface area contributed by atoms with Crippen LogP contribution in [0.1, 0.15) is 16.7 Å². The van der Waals surface area contributed by atoms with E-state index in [1.54, 1.807) is 0 Å². The number of nitrogens with zero attached hydrogens (tertiary/aromatic N) is 1. The summed E-state index contributed by atoms with van der Waals surface area (Å²) in [5.41, 5.74) is 4.15. The van der Waals surface area contributed by atoms with Gasteiger partial charge in [-0.2, -0.15) is 0 Å². The van der Waals surface area contributed by atoms with Gasteiger partial charge in [0.1, 0.15) is 5.75 Å². The topological polar surface area (TPSA) is 63.1 Å². The van der Waals surface area contributed by atoms with Crippen LogP contribution in [0.3, 0.4) is 0 Å². The molecule has 0 saturated carbocycles. The quantitative estimate of drug-likeness (QED) is 0.775. The lowest BCUT2D eigenvalue weighted by Gasteiger charge is -2.31. The fourth-order valence-electron chi connectivity index (χ4n) is 3.51. The van der Waals surface area contributed by atoms with Crippen LogP contribution in [0.15, 0.2) is 42.5 Å². The molecule has 0 unspecified atom stereocenters. The molecular formula is C23H30N3O3+. The first-order chi connectivity index (χ1) is 13.9. The molecule has 29 heavy (non-hydrogen) atoms. The average Bonchev–Trinajstić information content (AvgIpc) is 2.71. The van der Waals surface area contributed by atoms with Crippen molar-refractivity contribution in [3.63, 3.8) is 0 Å². The predicted octanol–water partition coefficient (Wildman–Crippen LogP) is 1.36. The van der Waals surface area contributed by atoms with Crippen LogP contribution in [-0.4, -0.2) is 56.0 Å². The summed E-state index contributed by atoms with van der Waals surface area (Å²) in [5, 5.41) is 3.02. The number of amides is 2. The van der Waals surface area contributed by atoms with Gasteiger partial charge in [0.05, 0.1) is 26.2 Å². The fraction of sp³-hybridized carbons (Fsp3) is 0.391. The molecule has 2 aromatic carbocycles. The molecule has 154 valence electrons. The molecule has 0 radical (unpaired) electrons. The number of benzene rings is 2. The van der Waals surface area contributed by atoms with E-state index in [4.69, 9.17) is 4.74 Å². The lowest BCUT2D eigenvalue weighted by molar-refractivity contribution is -0.895. The summed E-state index contributed by atoms with van der Waals surface area (Å²) in [4.78, 5) is 27.9. The van der Waals surface area contributed by atoms with Crippen molar-refractivity contribution in [3.8, 4) is 5.75 Å². The van der Waals surface area contributed by atoms with Crippen LogP contribution in [0.5, 0.6) is 5.75 Å². The van der Waals surface area contributed by atoms with Gasteiger partial charge in [0.2, 0.25) is 0 Å². The van der Waals surface area contributed by atoms with Crippen molar-refractivity contribution in [2.24, 2.45) is 0 Å². The molecule has 0 aliphatic carbocycles. The van der Waals surface area contributed by atoms with Gasteiger partial charge in [-0.3, -0.25) is 9.59 Å². The standard InChI is InChI=1S/C23H29N3O3/c1-17-8-6-9-20(19(17)3)24-22(27)15-25-11-13-26(14-12-25)23(28)16-29-21-10-5-4-7-18(21)2/h4-10H,11-16H2,1-3H3,(H,24,27)/p+1. The number of ether oxygens (including phenoxy) is 1. The van der Waals surface area contributed by atoms with E-state index < -0.39 is 0 Å². The minimum absolute atomic E-state index is 0.00728. The summed E-state index contributed by atoms with van der Waals surface area (Å²) >= 11 is 0. The summed E-state index contributed by atoms with van der Waals surface area (Å²) < 4.78 is 5.67. The number of anilines is 1. The summed E-state index contributed by atoms with van der Waals surface area (Å²) in [6, 6.07) is 13.6. The van der Waals surface area contributed by atoms with Crippen molar-refractivity contribution in [1.29, 1.82) is 0 Å². The molecule has 6 nitrogen and oxygen atoms in total. The van der Waals surface area contributed by atoms with Crippen LogP contribution in [0.25, 0.3) is 0 Å². The van der Waals surface area contributed by atoms with Gasteiger partial charge in [-0.05, 0) is 49.6 Å². The highest BCUT2D eigenvalue weighted by molar-refractivity contribution is 5.92. The maximum Gasteiger partial charge on any atom is 0.279 e. The number of hydrogen-bond acceptors (Lipinski definition) is 3. The van der Waals surface area contributed by atoms with E-state index >= 15 is 0 Å². The summed E-state index contributed by atoms with van der Waals surface area (Å²) in [5.74, 6) is 0.747. The van der Waals surface area contributed by atoms with E-state index in [1.807, 2.05) is 68.1 Å². The number of hydrogen-bond donors (Lipinski definition) is 2. The molecule has 2 amide bonds. The maximum atomic E-state index is 12.4. The number of quaternary nitrogens is 1. The monoisotopic (exact) mass is 396 g/mol. The molecule has 1 fully saturated rings. The van der Waals surface area contributed by atoms with Gasteiger partial charge >= 0.3 is 0 Å². The number of nitrogens with one attached hydrogen (secondary N) is 2. The first-order valence-electron chi connectivity index (χ1n) is 10.1. The molecule has 1 heterocycles. The highest BCUT2D eigenvalue weighted by Gasteiger charge is 2.25. The molecule has 1 saturated heterocycles. The molecule has 0 bridgehead atoms. The van der Waals surface area contributed by atoms with E-state index in [0.29, 0.717) is 19.6 Å². The van der Waals surface area contributed by atoms with Crippen LogP contribution in [0, 0.1) is 20.8 Å². The first kappa shape index (κ1) is 20.9. The second kappa shape index (κ2) is 9.56. The van der Waals surface area contributed by atoms with Gasteiger partial charge in [-0.1, -0.05) is 30.3 Å². The zero-order valence-electron chi connectivity index (χ0n) is 17.5. The van der Waals surface area contributed by atoms with E-state index in [1.165, 1.54) is 4.90 Å². The van der Waals surface area contributed by atoms with Gasteiger partial charge in [-0.25, -0.2) is 0 Å². The van der Waals surface area contributed by atoms with Crippen molar-refractivity contribution in [2.75, 3.05) is 44.6 Å². The second-order valence-corrected chi connectivity index (χ2v) is 7.66. The Bertz CT molecular complexity index is 873. The lowest BCUT2D eigenvalue weighted by atomic mass is 10.1. The molecule has 3 rings (SSSR count). The Hall–Kier alpha value is -2.86. The predicted molar refractivity (Wildman–Crippen MR) is 113 cm³/mol. The lowest BCUT2D eigenvalue weighted by Crippen LogP contribution is -3.15. The van der Waals surface area contributed by atoms with Crippen molar-refractivity contribution < 1.29 is 19.2 Å². The molecule has 1 aliphatic heterocycles. The Morgan fingerprint density at radius 3 is 2.41 bits per heavy atom. The molecule has 0 aromatic heterocycles. The van der Waals surface area contributed by atoms with Gasteiger partial charge in [0.25, 0.3) is 11.8 Å². The highest BCUT2D eigenvalue weighted by Crippen LogP contribution is 2.18. The molecule has 6 heteroatoms. The molecule has 2 aromatic rings. The highest BCUT2D eigenvalue weighted by atomic mass is 16.5. The molecule has 1 aliphatic rings. The second-order valence-electron chi connectivity index (χ2n) is 7.66. The molecule has 0 atom stereocenters. The average molecular weight is 397 g/mol. The van der Waals surface area contributed by atoms with Crippen LogP contribution in [0.4, 0.5) is 5.69 Å². The number of carbonyl (C=O) groups is 2. The number of rotatable bonds is 6. The third kappa shape index (κ3) is 5.57. The van der Waals surface area contributed by atoms with Gasteiger partial charge in [0, 0.05) is 5.69 Å². The zero-order chi connectivity index (χ0) is 20.8. The Kier molecular flexibility index (Phi) is 6.88. The van der Waals surface area contributed by atoms with Gasteiger partial charge in [-0.15, -0.1) is 0 Å². The van der Waals surface area contributed by atoms with Crippen LogP contribution < -0.4 is 15.0 Å². The summed E-state index contributed by atoms with van der Waals surface area (Å²) in [7, 11) is 0. The molecule has 2 N–H and O–H groups in total. The third-order valence-electron chi connectivity index (χ3n) is 5.56. The van der Waals surface area contributed by atoms with E-state index in [2.05, 4.69) is 5.32 Å². The number of piperazine rings is 1. The largest absolute Gasteiger partial charge is 0.484 e. The van der Waals surface area contributed by atoms with Crippen LogP contribution >= 0.6 is 0 Å². The van der Waals surface area contributed by atoms with Crippen molar-refractivity contribution in [2.45, 2.75) is 20.8 Å². The summed E-state index contributed by atoms with van der Waals surface area (Å²) in [6.45, 7) is 9.28. The van der Waals surface area contributed by atoms with E-state index in [-0.39, 0.29) is 18.4 Å². The van der Waals surface area contributed by atoms with Crippen molar-refractivity contribution in [1.82, 2.24) is 4.90 Å². The summed E-state index contributed by atoms with van der Waals surface area (Å²) in [6.07, 6.45) is 0. The Morgan fingerprint density at radius 2 is 1.69 bits per heavy atom. The van der Waals surface area contributed by atoms with Gasteiger partial charge in [0.15, 0.2) is 13.2 Å². The minimum Gasteiger partial charge on any atom is -0.484 e. The minimum atomic E-state index is -0.00728. The first-order valence-corrected chi connectivity index (χ1v) is 10.1. The van der Waals surface area contributed by atoms with E-state index in [0.717, 1.165) is 41.2 Å². The normalized spacial score (nSPS) is 14.5. The third-order valence-corrected chi connectivity index (χ3v) is 5.56. The van der Waals surface area contributed by atoms with Crippen LogP contribution in [0.2, 0.25) is 0 Å². The SMILES string of the molecule is Cc1ccccc1OCC(=O)N1CC[NH+](CC(=O)Nc2cccc(C)c2C)CC1. The zero-order valence-corrected chi connectivity index (χ0v) is 17.5. The van der Waals surface area contributed by atoms with Crippen molar-refractivity contribution in [3.05, 3.63) is 59.2 Å². The smallest absolute Gasteiger partial charge is 0.279 e. The maximum absolute atomic E-state index is 12.4. The fourth-order valence-corrected chi connectivity index (χ4v) is 3.51. The van der Waals surface area contributed by atoms with Crippen LogP contribution in [-0.2, 0) is 9.59 Å².